The molecular weight excluding hydrogens is 380 g/mol. The number of nitrogens with one attached hydrogen (secondary N) is 1. The average molecular weight is 405 g/mol. The van der Waals surface area contributed by atoms with E-state index in [1.165, 1.54) is 0 Å². The second kappa shape index (κ2) is 10.2. The van der Waals surface area contributed by atoms with Gasteiger partial charge in [0.25, 0.3) is 5.91 Å². The van der Waals surface area contributed by atoms with Crippen LogP contribution in [0.1, 0.15) is 39.1 Å². The van der Waals surface area contributed by atoms with Crippen molar-refractivity contribution >= 4 is 12.1 Å². The molecule has 0 spiro atoms. The number of nitrogens with zero attached hydrogens (tertiary/aromatic N) is 1. The fourth-order valence-electron chi connectivity index (χ4n) is 3.54. The molecule has 3 nitrogen and oxygen atoms in total. The van der Waals surface area contributed by atoms with E-state index in [9.17, 15) is 4.79 Å². The molecule has 2 atom stereocenters. The van der Waals surface area contributed by atoms with Gasteiger partial charge in [0.15, 0.2) is 0 Å². The smallest absolute Gasteiger partial charge is 0.251 e. The van der Waals surface area contributed by atoms with Gasteiger partial charge < -0.3 is 5.32 Å². The Balaban J connectivity index is 1.74. The van der Waals surface area contributed by atoms with Crippen LogP contribution in [0.3, 0.4) is 0 Å². The maximum absolute atomic E-state index is 13.1. The van der Waals surface area contributed by atoms with Crippen molar-refractivity contribution in [2.24, 2.45) is 4.99 Å². The lowest BCUT2D eigenvalue weighted by molar-refractivity contribution is 0.0930. The Hall–Kier alpha value is -3.98. The lowest BCUT2D eigenvalue weighted by Gasteiger charge is -2.26. The Morgan fingerprint density at radius 2 is 1.13 bits per heavy atom. The highest BCUT2D eigenvalue weighted by molar-refractivity contribution is 5.94. The van der Waals surface area contributed by atoms with Crippen molar-refractivity contribution in [3.63, 3.8) is 0 Å². The summed E-state index contributed by atoms with van der Waals surface area (Å²) in [6.07, 6.45) is 1.88. The molecule has 0 unspecified atom stereocenters. The van der Waals surface area contributed by atoms with Crippen LogP contribution >= 0.6 is 0 Å². The zero-order valence-corrected chi connectivity index (χ0v) is 17.1. The molecule has 152 valence electrons. The van der Waals surface area contributed by atoms with Gasteiger partial charge in [-0.25, -0.2) is 0 Å². The van der Waals surface area contributed by atoms with Gasteiger partial charge in [0, 0.05) is 11.8 Å². The topological polar surface area (TPSA) is 41.5 Å². The molecule has 0 bridgehead atoms. The van der Waals surface area contributed by atoms with Crippen molar-refractivity contribution in [1.82, 2.24) is 5.32 Å². The molecule has 1 amide bonds. The van der Waals surface area contributed by atoms with E-state index in [1.807, 2.05) is 115 Å². The number of amides is 1. The molecule has 0 heterocycles. The summed E-state index contributed by atoms with van der Waals surface area (Å²) < 4.78 is 0. The minimum Gasteiger partial charge on any atom is -0.343 e. The number of benzene rings is 4. The normalized spacial score (nSPS) is 12.9. The summed E-state index contributed by atoms with van der Waals surface area (Å²) >= 11 is 0. The standard InChI is InChI=1S/C28H24N2O/c31-28(25-19-11-4-12-20-25)30-27(24-17-9-3-10-18-24)26(23-15-7-2-8-16-23)29-21-22-13-5-1-6-14-22/h1-21,26-27H,(H,30,31)/t26-,27+/m1/s1. The SMILES string of the molecule is O=C(N[C@@H](c1ccccc1)[C@H](N=Cc1ccccc1)c1ccccc1)c1ccccc1. The van der Waals surface area contributed by atoms with Gasteiger partial charge in [-0.15, -0.1) is 0 Å². The van der Waals surface area contributed by atoms with Crippen molar-refractivity contribution in [3.8, 4) is 0 Å². The zero-order valence-electron chi connectivity index (χ0n) is 17.1. The molecule has 0 aromatic heterocycles. The van der Waals surface area contributed by atoms with Crippen LogP contribution in [0.25, 0.3) is 0 Å². The van der Waals surface area contributed by atoms with Crippen LogP contribution in [0.5, 0.6) is 0 Å². The van der Waals surface area contributed by atoms with Crippen molar-refractivity contribution in [3.05, 3.63) is 144 Å². The molecule has 0 radical (unpaired) electrons. The molecule has 0 fully saturated rings. The molecule has 1 N–H and O–H groups in total. The Morgan fingerprint density at radius 1 is 0.645 bits per heavy atom. The Morgan fingerprint density at radius 3 is 1.71 bits per heavy atom. The fourth-order valence-corrected chi connectivity index (χ4v) is 3.54. The van der Waals surface area contributed by atoms with E-state index in [2.05, 4.69) is 17.4 Å². The zero-order chi connectivity index (χ0) is 21.3. The summed E-state index contributed by atoms with van der Waals surface area (Å²) in [5, 5.41) is 3.23. The highest BCUT2D eigenvalue weighted by Crippen LogP contribution is 2.32. The van der Waals surface area contributed by atoms with E-state index in [0.29, 0.717) is 5.56 Å². The largest absolute Gasteiger partial charge is 0.343 e. The van der Waals surface area contributed by atoms with Gasteiger partial charge in [-0.1, -0.05) is 109 Å². The average Bonchev–Trinajstić information content (AvgIpc) is 2.86. The van der Waals surface area contributed by atoms with Crippen molar-refractivity contribution in [2.75, 3.05) is 0 Å². The minimum atomic E-state index is -0.323. The van der Waals surface area contributed by atoms with E-state index in [4.69, 9.17) is 4.99 Å². The lowest BCUT2D eigenvalue weighted by Crippen LogP contribution is -2.32. The van der Waals surface area contributed by atoms with Gasteiger partial charge in [0.1, 0.15) is 0 Å². The molecule has 4 aromatic carbocycles. The predicted octanol–water partition coefficient (Wildman–Crippen LogP) is 6.02. The van der Waals surface area contributed by atoms with Gasteiger partial charge >= 0.3 is 0 Å². The first-order valence-electron chi connectivity index (χ1n) is 10.4. The first-order chi connectivity index (χ1) is 15.3. The fraction of sp³-hybridized carbons (Fsp3) is 0.0714. The summed E-state index contributed by atoms with van der Waals surface area (Å²) in [5.74, 6) is -0.120. The number of aliphatic imine (C=N–C) groups is 1. The number of carbonyl (C=O) groups is 1. The molecule has 0 saturated heterocycles. The van der Waals surface area contributed by atoms with Gasteiger partial charge in [-0.05, 0) is 28.8 Å². The van der Waals surface area contributed by atoms with Crippen LogP contribution in [-0.2, 0) is 0 Å². The lowest BCUT2D eigenvalue weighted by atomic mass is 9.93. The van der Waals surface area contributed by atoms with Gasteiger partial charge in [0.05, 0.1) is 12.1 Å². The molecule has 0 aliphatic carbocycles. The Labute approximate surface area is 183 Å². The van der Waals surface area contributed by atoms with Crippen molar-refractivity contribution < 1.29 is 4.79 Å². The predicted molar refractivity (Wildman–Crippen MR) is 126 cm³/mol. The van der Waals surface area contributed by atoms with Crippen LogP contribution in [0.2, 0.25) is 0 Å². The van der Waals surface area contributed by atoms with Crippen LogP contribution in [0.4, 0.5) is 0 Å². The van der Waals surface area contributed by atoms with E-state index < -0.39 is 0 Å². The number of hydrogen-bond donors (Lipinski definition) is 1. The molecule has 0 saturated carbocycles. The van der Waals surface area contributed by atoms with E-state index in [-0.39, 0.29) is 18.0 Å². The van der Waals surface area contributed by atoms with Crippen LogP contribution < -0.4 is 5.32 Å². The maximum atomic E-state index is 13.1. The summed E-state index contributed by atoms with van der Waals surface area (Å²) in [6, 6.07) is 38.8. The number of hydrogen-bond acceptors (Lipinski definition) is 2. The summed E-state index contributed by atoms with van der Waals surface area (Å²) in [4.78, 5) is 18.0. The summed E-state index contributed by atoms with van der Waals surface area (Å²) in [7, 11) is 0. The first kappa shape index (κ1) is 20.3. The highest BCUT2D eigenvalue weighted by atomic mass is 16.1. The second-order valence-electron chi connectivity index (χ2n) is 7.27. The summed E-state index contributed by atoms with van der Waals surface area (Å²) in [6.45, 7) is 0. The van der Waals surface area contributed by atoms with E-state index in [1.54, 1.807) is 0 Å². The molecular formula is C28H24N2O. The Kier molecular flexibility index (Phi) is 6.66. The quantitative estimate of drug-likeness (QED) is 0.376. The number of carbonyl (C=O) groups excluding carboxylic acids is 1. The summed E-state index contributed by atoms with van der Waals surface area (Å²) in [5.41, 5.74) is 3.69. The van der Waals surface area contributed by atoms with Crippen molar-refractivity contribution in [2.45, 2.75) is 12.1 Å². The molecule has 3 heteroatoms. The van der Waals surface area contributed by atoms with Crippen molar-refractivity contribution in [1.29, 1.82) is 0 Å². The maximum Gasteiger partial charge on any atom is 0.251 e. The molecule has 0 aliphatic rings. The van der Waals surface area contributed by atoms with E-state index >= 15 is 0 Å². The van der Waals surface area contributed by atoms with Gasteiger partial charge in [0.2, 0.25) is 0 Å². The molecule has 4 rings (SSSR count). The number of rotatable bonds is 7. The third kappa shape index (κ3) is 5.34. The highest BCUT2D eigenvalue weighted by Gasteiger charge is 2.26. The Bertz CT molecular complexity index is 1110. The molecule has 0 aliphatic heterocycles. The monoisotopic (exact) mass is 404 g/mol. The van der Waals surface area contributed by atoms with E-state index in [0.717, 1.165) is 16.7 Å². The minimum absolute atomic E-state index is 0.120. The second-order valence-corrected chi connectivity index (χ2v) is 7.27. The first-order valence-corrected chi connectivity index (χ1v) is 10.4. The van der Waals surface area contributed by atoms with Crippen LogP contribution in [-0.4, -0.2) is 12.1 Å². The molecule has 4 aromatic rings. The van der Waals surface area contributed by atoms with Crippen LogP contribution in [0.15, 0.2) is 126 Å². The third-order valence-corrected chi connectivity index (χ3v) is 5.12. The van der Waals surface area contributed by atoms with Crippen LogP contribution in [0, 0.1) is 0 Å². The van der Waals surface area contributed by atoms with Gasteiger partial charge in [-0.2, -0.15) is 0 Å². The van der Waals surface area contributed by atoms with Gasteiger partial charge in [-0.3, -0.25) is 9.79 Å². The molecule has 31 heavy (non-hydrogen) atoms. The third-order valence-electron chi connectivity index (χ3n) is 5.12.